The number of likely N-dealkylation sites (N-methyl/N-ethyl adjacent to an activating group) is 2. The largest absolute Gasteiger partial charge is 0.435 e. The number of halogens is 3. The topological polar surface area (TPSA) is 120 Å². The van der Waals surface area contributed by atoms with Crippen molar-refractivity contribution in [3.05, 3.63) is 28.2 Å². The predicted molar refractivity (Wildman–Crippen MR) is 95.2 cm³/mol. The minimum Gasteiger partial charge on any atom is -0.353 e. The number of carbonyl (C=O) groups excluding carboxylic acids is 3. The lowest BCUT2D eigenvalue weighted by atomic mass is 10.1. The fourth-order valence-electron chi connectivity index (χ4n) is 3.12. The second-order valence-corrected chi connectivity index (χ2v) is 6.71. The maximum Gasteiger partial charge on any atom is 0.435 e. The number of imide groups is 1. The summed E-state index contributed by atoms with van der Waals surface area (Å²) in [7, 11) is 2.82. The lowest BCUT2D eigenvalue weighted by Gasteiger charge is -2.39. The third-order valence-corrected chi connectivity index (χ3v) is 4.71. The zero-order valence-corrected chi connectivity index (χ0v) is 16.0. The molecule has 3 rings (SSSR count). The molecule has 30 heavy (non-hydrogen) atoms. The SMILES string of the molecule is CN1C(=O)C2C(N=CN2CC(=O)NCCn2nc(C(F)(F)F)ccc2=O)N(C)C1=O. The summed E-state index contributed by atoms with van der Waals surface area (Å²) in [6, 6.07) is -0.0259. The van der Waals surface area contributed by atoms with Crippen molar-refractivity contribution in [1.29, 1.82) is 0 Å². The number of urea groups is 1. The van der Waals surface area contributed by atoms with Crippen molar-refractivity contribution in [2.45, 2.75) is 24.9 Å². The first-order chi connectivity index (χ1) is 14.0. The third kappa shape index (κ3) is 3.97. The molecule has 1 saturated heterocycles. The van der Waals surface area contributed by atoms with E-state index in [0.29, 0.717) is 10.7 Å². The molecule has 162 valence electrons. The molecule has 0 saturated carbocycles. The molecular weight excluding hydrogens is 411 g/mol. The molecule has 0 bridgehead atoms. The van der Waals surface area contributed by atoms with Gasteiger partial charge in [-0.15, -0.1) is 0 Å². The van der Waals surface area contributed by atoms with Gasteiger partial charge in [0, 0.05) is 26.7 Å². The smallest absolute Gasteiger partial charge is 0.353 e. The number of amides is 4. The molecule has 11 nitrogen and oxygen atoms in total. The van der Waals surface area contributed by atoms with E-state index in [1.165, 1.54) is 30.2 Å². The van der Waals surface area contributed by atoms with Gasteiger partial charge in [0.25, 0.3) is 11.5 Å². The Labute approximate surface area is 167 Å². The number of rotatable bonds is 5. The number of alkyl halides is 3. The van der Waals surface area contributed by atoms with Gasteiger partial charge in [-0.25, -0.2) is 14.5 Å². The van der Waals surface area contributed by atoms with Crippen molar-refractivity contribution in [2.75, 3.05) is 27.2 Å². The number of nitrogens with one attached hydrogen (secondary N) is 1. The molecule has 2 atom stereocenters. The Kier molecular flexibility index (Phi) is 5.50. The molecule has 0 aliphatic carbocycles. The Balaban J connectivity index is 1.57. The van der Waals surface area contributed by atoms with Gasteiger partial charge in [-0.05, 0) is 6.07 Å². The normalized spacial score (nSPS) is 21.3. The van der Waals surface area contributed by atoms with Crippen LogP contribution in [0.3, 0.4) is 0 Å². The highest BCUT2D eigenvalue weighted by Crippen LogP contribution is 2.26. The molecular formula is C16H18F3N7O4. The van der Waals surface area contributed by atoms with Crippen LogP contribution in [0, 0.1) is 0 Å². The molecule has 1 fully saturated rings. The fourth-order valence-corrected chi connectivity index (χ4v) is 3.12. The van der Waals surface area contributed by atoms with Crippen molar-refractivity contribution in [1.82, 2.24) is 29.8 Å². The minimum absolute atomic E-state index is 0.154. The highest BCUT2D eigenvalue weighted by molar-refractivity contribution is 6.02. The van der Waals surface area contributed by atoms with Gasteiger partial charge >= 0.3 is 12.2 Å². The summed E-state index contributed by atoms with van der Waals surface area (Å²) in [6.07, 6.45) is -4.14. The first-order valence-electron chi connectivity index (χ1n) is 8.76. The maximum atomic E-state index is 12.7. The van der Waals surface area contributed by atoms with Gasteiger partial charge in [0.1, 0.15) is 0 Å². The van der Waals surface area contributed by atoms with Gasteiger partial charge in [0.2, 0.25) is 5.91 Å². The lowest BCUT2D eigenvalue weighted by Crippen LogP contribution is -2.64. The van der Waals surface area contributed by atoms with E-state index in [9.17, 15) is 32.3 Å². The minimum atomic E-state index is -4.70. The Hall–Kier alpha value is -3.45. The Morgan fingerprint density at radius 3 is 2.57 bits per heavy atom. The van der Waals surface area contributed by atoms with Gasteiger partial charge in [-0.3, -0.25) is 19.3 Å². The summed E-state index contributed by atoms with van der Waals surface area (Å²) in [5, 5.41) is 5.70. The van der Waals surface area contributed by atoms with E-state index in [0.717, 1.165) is 11.0 Å². The molecule has 1 aromatic heterocycles. The number of aliphatic imine (C=N–C) groups is 1. The quantitative estimate of drug-likeness (QED) is 0.637. The van der Waals surface area contributed by atoms with Gasteiger partial charge in [-0.2, -0.15) is 18.3 Å². The van der Waals surface area contributed by atoms with Crippen LogP contribution in [0.5, 0.6) is 0 Å². The summed E-state index contributed by atoms with van der Waals surface area (Å²) in [5.41, 5.74) is -1.96. The summed E-state index contributed by atoms with van der Waals surface area (Å²) in [6.45, 7) is -0.691. The van der Waals surface area contributed by atoms with Gasteiger partial charge in [0.15, 0.2) is 17.9 Å². The van der Waals surface area contributed by atoms with Crippen LogP contribution in [0.2, 0.25) is 0 Å². The van der Waals surface area contributed by atoms with Gasteiger partial charge < -0.3 is 15.1 Å². The van der Waals surface area contributed by atoms with Crippen LogP contribution in [0.4, 0.5) is 18.0 Å². The average Bonchev–Trinajstić information content (AvgIpc) is 3.08. The van der Waals surface area contributed by atoms with E-state index in [-0.39, 0.29) is 19.6 Å². The van der Waals surface area contributed by atoms with Crippen LogP contribution >= 0.6 is 0 Å². The van der Waals surface area contributed by atoms with E-state index in [4.69, 9.17) is 0 Å². The molecule has 2 aliphatic rings. The van der Waals surface area contributed by atoms with Crippen LogP contribution in [0.25, 0.3) is 0 Å². The van der Waals surface area contributed by atoms with E-state index >= 15 is 0 Å². The van der Waals surface area contributed by atoms with Crippen LogP contribution in [0.1, 0.15) is 5.69 Å². The van der Waals surface area contributed by atoms with E-state index in [1.54, 1.807) is 0 Å². The summed E-state index contributed by atoms with van der Waals surface area (Å²) in [5.74, 6) is -1.05. The Bertz CT molecular complexity index is 961. The number of fused-ring (bicyclic) bond motifs is 1. The van der Waals surface area contributed by atoms with Crippen LogP contribution in [0.15, 0.2) is 21.9 Å². The molecule has 3 heterocycles. The van der Waals surface area contributed by atoms with Crippen LogP contribution in [-0.2, 0) is 22.3 Å². The molecule has 0 aromatic carbocycles. The third-order valence-electron chi connectivity index (χ3n) is 4.71. The molecule has 0 spiro atoms. The molecule has 2 unspecified atom stereocenters. The molecule has 1 aromatic rings. The number of hydrogen-bond donors (Lipinski definition) is 1. The molecule has 0 radical (unpaired) electrons. The van der Waals surface area contributed by atoms with Crippen molar-refractivity contribution in [3.63, 3.8) is 0 Å². The van der Waals surface area contributed by atoms with Crippen molar-refractivity contribution in [3.8, 4) is 0 Å². The van der Waals surface area contributed by atoms with Crippen LogP contribution in [-0.4, -0.2) is 88.1 Å². The monoisotopic (exact) mass is 429 g/mol. The Morgan fingerprint density at radius 1 is 1.20 bits per heavy atom. The molecule has 2 aliphatic heterocycles. The summed E-state index contributed by atoms with van der Waals surface area (Å²) >= 11 is 0. The average molecular weight is 429 g/mol. The zero-order chi connectivity index (χ0) is 22.2. The van der Waals surface area contributed by atoms with Crippen molar-refractivity contribution < 1.29 is 27.6 Å². The highest BCUT2D eigenvalue weighted by Gasteiger charge is 2.48. The first-order valence-corrected chi connectivity index (χ1v) is 8.76. The van der Waals surface area contributed by atoms with E-state index in [2.05, 4.69) is 15.4 Å². The second kappa shape index (κ2) is 7.76. The summed E-state index contributed by atoms with van der Waals surface area (Å²) < 4.78 is 38.7. The second-order valence-electron chi connectivity index (χ2n) is 6.71. The van der Waals surface area contributed by atoms with E-state index in [1.807, 2.05) is 0 Å². The number of carbonyl (C=O) groups is 3. The molecule has 4 amide bonds. The fraction of sp³-hybridized carbons (Fsp3) is 0.500. The molecule has 14 heteroatoms. The number of hydrogen-bond acceptors (Lipinski definition) is 7. The number of nitrogens with zero attached hydrogens (tertiary/aromatic N) is 6. The van der Waals surface area contributed by atoms with Crippen LogP contribution < -0.4 is 10.9 Å². The maximum absolute atomic E-state index is 12.7. The van der Waals surface area contributed by atoms with E-state index < -0.39 is 47.5 Å². The first kappa shape index (κ1) is 21.3. The highest BCUT2D eigenvalue weighted by atomic mass is 19.4. The zero-order valence-electron chi connectivity index (χ0n) is 16.0. The lowest BCUT2D eigenvalue weighted by molar-refractivity contribution is -0.142. The standard InChI is InChI=1S/C16H18F3N7O4/c1-23-13-12(14(29)24(2)15(23)30)25(8-21-13)7-10(27)20-5-6-26-11(28)4-3-9(22-26)16(17,18)19/h3-4,8,12-13H,5-7H2,1-2H3,(H,20,27). The Morgan fingerprint density at radius 2 is 1.90 bits per heavy atom. The number of aromatic nitrogens is 2. The summed E-state index contributed by atoms with van der Waals surface area (Å²) in [4.78, 5) is 55.9. The van der Waals surface area contributed by atoms with Gasteiger partial charge in [0.05, 0.1) is 19.4 Å². The predicted octanol–water partition coefficient (Wildman–Crippen LogP) is -1.06. The van der Waals surface area contributed by atoms with Gasteiger partial charge in [-0.1, -0.05) is 0 Å². The molecule has 1 N–H and O–H groups in total. The van der Waals surface area contributed by atoms with Crippen molar-refractivity contribution >= 4 is 24.2 Å². The van der Waals surface area contributed by atoms with Crippen molar-refractivity contribution in [2.24, 2.45) is 4.99 Å².